The minimum absolute atomic E-state index is 0.417. The van der Waals surface area contributed by atoms with Crippen molar-refractivity contribution in [2.24, 2.45) is 0 Å². The Morgan fingerprint density at radius 1 is 1.07 bits per heavy atom. The van der Waals surface area contributed by atoms with Crippen LogP contribution in [0.3, 0.4) is 0 Å². The second kappa shape index (κ2) is 8.01. The van der Waals surface area contributed by atoms with Crippen molar-refractivity contribution in [3.8, 4) is 0 Å². The fourth-order valence-electron chi connectivity index (χ4n) is 3.38. The summed E-state index contributed by atoms with van der Waals surface area (Å²) in [5.74, 6) is 1.51. The number of rotatable bonds is 6. The van der Waals surface area contributed by atoms with Gasteiger partial charge in [0.15, 0.2) is 11.6 Å². The van der Waals surface area contributed by atoms with E-state index >= 15 is 0 Å². The minimum atomic E-state index is 0.417. The molecule has 0 unspecified atom stereocenters. The van der Waals surface area contributed by atoms with E-state index in [0.29, 0.717) is 23.7 Å². The molecule has 150 valence electrons. The predicted octanol–water partition coefficient (Wildman–Crippen LogP) is 2.77. The topological polar surface area (TPSA) is 96.1 Å². The highest BCUT2D eigenvalue weighted by Crippen LogP contribution is 2.26. The quantitative estimate of drug-likeness (QED) is 0.497. The van der Waals surface area contributed by atoms with Crippen molar-refractivity contribution in [1.82, 2.24) is 30.2 Å². The largest absolute Gasteiger partial charge is 0.362 e. The Morgan fingerprint density at radius 2 is 1.90 bits per heavy atom. The number of nitrogens with one attached hydrogen (secondary N) is 1. The second-order valence-corrected chi connectivity index (χ2v) is 8.96. The summed E-state index contributed by atoms with van der Waals surface area (Å²) in [6.45, 7) is 7.24. The van der Waals surface area contributed by atoms with Crippen LogP contribution in [0.5, 0.6) is 0 Å². The summed E-state index contributed by atoms with van der Waals surface area (Å²) in [4.78, 5) is 19.8. The molecule has 1 fully saturated rings. The second-order valence-electron chi connectivity index (χ2n) is 6.86. The summed E-state index contributed by atoms with van der Waals surface area (Å²) in [6.07, 6.45) is 0. The van der Waals surface area contributed by atoms with Crippen LogP contribution in [0, 0.1) is 6.92 Å². The van der Waals surface area contributed by atoms with E-state index in [1.54, 1.807) is 22.7 Å². The van der Waals surface area contributed by atoms with E-state index in [9.17, 15) is 0 Å². The van der Waals surface area contributed by atoms with Gasteiger partial charge in [0.1, 0.15) is 0 Å². The number of piperazine rings is 1. The third-order valence-corrected chi connectivity index (χ3v) is 6.53. The zero-order valence-corrected chi connectivity index (χ0v) is 17.5. The molecule has 0 saturated carbocycles. The number of nitrogens with zero attached hydrogens (tertiary/aromatic N) is 7. The van der Waals surface area contributed by atoms with Gasteiger partial charge in [-0.25, -0.2) is 19.6 Å². The van der Waals surface area contributed by atoms with Gasteiger partial charge in [0.05, 0.1) is 17.2 Å². The molecule has 11 heteroatoms. The normalized spacial score (nSPS) is 15.3. The molecule has 9 nitrogen and oxygen atoms in total. The molecule has 1 aliphatic rings. The molecule has 0 aromatic carbocycles. The molecule has 1 aliphatic heterocycles. The highest BCUT2D eigenvalue weighted by molar-refractivity contribution is 7.10. The van der Waals surface area contributed by atoms with Gasteiger partial charge in [-0.15, -0.1) is 22.7 Å². The molecule has 0 aliphatic carbocycles. The standard InChI is InChI=1S/C18H20N8OS2/c1-12-20-13(11-29-12)10-25-4-6-26(7-5-25)18-17(19-9-14-3-2-8-28-14)21-15-16(22-18)24-27-23-15/h2-3,8,11H,4-7,9-10H2,1H3,(H,19,21,23). The van der Waals surface area contributed by atoms with E-state index in [1.165, 1.54) is 4.88 Å². The zero-order chi connectivity index (χ0) is 19.6. The summed E-state index contributed by atoms with van der Waals surface area (Å²) >= 11 is 3.41. The molecule has 5 rings (SSSR count). The van der Waals surface area contributed by atoms with Crippen LogP contribution in [-0.2, 0) is 13.1 Å². The average molecular weight is 429 g/mol. The lowest BCUT2D eigenvalue weighted by molar-refractivity contribution is 0.247. The van der Waals surface area contributed by atoms with Crippen LogP contribution in [0.2, 0.25) is 0 Å². The van der Waals surface area contributed by atoms with Crippen LogP contribution >= 0.6 is 22.7 Å². The molecule has 4 aromatic heterocycles. The number of thiophene rings is 1. The van der Waals surface area contributed by atoms with E-state index in [1.807, 2.05) is 13.0 Å². The number of fused-ring (bicyclic) bond motifs is 1. The lowest BCUT2D eigenvalue weighted by Gasteiger charge is -2.35. The SMILES string of the molecule is Cc1nc(CN2CCN(c3nc4nonc4nc3NCc3cccs3)CC2)cs1. The van der Waals surface area contributed by atoms with E-state index in [4.69, 9.17) is 4.63 Å². The third-order valence-electron chi connectivity index (χ3n) is 4.83. The Morgan fingerprint density at radius 3 is 2.62 bits per heavy atom. The van der Waals surface area contributed by atoms with Crippen LogP contribution in [0.25, 0.3) is 11.3 Å². The molecule has 1 N–H and O–H groups in total. The Bertz CT molecular complexity index is 1080. The van der Waals surface area contributed by atoms with E-state index < -0.39 is 0 Å². The van der Waals surface area contributed by atoms with Crippen LogP contribution in [0.4, 0.5) is 11.6 Å². The number of hydrogen-bond donors (Lipinski definition) is 1. The van der Waals surface area contributed by atoms with Gasteiger partial charge in [0, 0.05) is 43.0 Å². The van der Waals surface area contributed by atoms with Crippen molar-refractivity contribution in [3.05, 3.63) is 38.5 Å². The fraction of sp³-hybridized carbons (Fsp3) is 0.389. The van der Waals surface area contributed by atoms with Crippen molar-refractivity contribution in [1.29, 1.82) is 0 Å². The number of aryl methyl sites for hydroxylation is 1. The fourth-order valence-corrected chi connectivity index (χ4v) is 4.63. The molecule has 5 heterocycles. The van der Waals surface area contributed by atoms with Crippen molar-refractivity contribution in [2.45, 2.75) is 20.0 Å². The molecule has 0 amide bonds. The Balaban J connectivity index is 1.31. The number of hydrogen-bond acceptors (Lipinski definition) is 11. The summed E-state index contributed by atoms with van der Waals surface area (Å²) in [7, 11) is 0. The number of thiazole rings is 1. The molecule has 0 bridgehead atoms. The minimum Gasteiger partial charge on any atom is -0.362 e. The van der Waals surface area contributed by atoms with Crippen LogP contribution < -0.4 is 10.2 Å². The van der Waals surface area contributed by atoms with Gasteiger partial charge in [-0.1, -0.05) is 6.07 Å². The van der Waals surface area contributed by atoms with Gasteiger partial charge in [-0.3, -0.25) is 4.90 Å². The number of aromatic nitrogens is 5. The summed E-state index contributed by atoms with van der Waals surface area (Å²) in [5.41, 5.74) is 2.00. The monoisotopic (exact) mass is 428 g/mol. The van der Waals surface area contributed by atoms with Crippen LogP contribution in [0.1, 0.15) is 15.6 Å². The van der Waals surface area contributed by atoms with E-state index in [0.717, 1.165) is 49.2 Å². The van der Waals surface area contributed by atoms with Gasteiger partial charge in [-0.05, 0) is 28.7 Å². The first kappa shape index (κ1) is 18.4. The Kier molecular flexibility index (Phi) is 5.08. The van der Waals surface area contributed by atoms with Gasteiger partial charge in [0.2, 0.25) is 11.3 Å². The molecule has 0 radical (unpaired) electrons. The molecule has 29 heavy (non-hydrogen) atoms. The van der Waals surface area contributed by atoms with Gasteiger partial charge in [0.25, 0.3) is 0 Å². The molecular formula is C18H20N8OS2. The van der Waals surface area contributed by atoms with Crippen molar-refractivity contribution in [3.63, 3.8) is 0 Å². The molecule has 0 spiro atoms. The lowest BCUT2D eigenvalue weighted by atomic mass is 10.3. The maximum atomic E-state index is 4.81. The van der Waals surface area contributed by atoms with E-state index in [-0.39, 0.29) is 0 Å². The molecule has 4 aromatic rings. The van der Waals surface area contributed by atoms with Gasteiger partial charge >= 0.3 is 0 Å². The Labute approximate surface area is 175 Å². The lowest BCUT2D eigenvalue weighted by Crippen LogP contribution is -2.46. The average Bonchev–Trinajstić information content (AvgIpc) is 3.48. The first-order valence-electron chi connectivity index (χ1n) is 9.39. The summed E-state index contributed by atoms with van der Waals surface area (Å²) < 4.78 is 4.81. The van der Waals surface area contributed by atoms with Crippen molar-refractivity contribution in [2.75, 3.05) is 36.4 Å². The highest BCUT2D eigenvalue weighted by atomic mass is 32.1. The zero-order valence-electron chi connectivity index (χ0n) is 15.9. The maximum Gasteiger partial charge on any atom is 0.245 e. The first-order chi connectivity index (χ1) is 14.2. The summed E-state index contributed by atoms with van der Waals surface area (Å²) in [5, 5.41) is 16.4. The predicted molar refractivity (Wildman–Crippen MR) is 113 cm³/mol. The van der Waals surface area contributed by atoms with Gasteiger partial charge < -0.3 is 10.2 Å². The molecule has 1 saturated heterocycles. The highest BCUT2D eigenvalue weighted by Gasteiger charge is 2.23. The molecule has 0 atom stereocenters. The third kappa shape index (κ3) is 4.07. The van der Waals surface area contributed by atoms with Gasteiger partial charge in [-0.2, -0.15) is 0 Å². The first-order valence-corrected chi connectivity index (χ1v) is 11.2. The molecular weight excluding hydrogens is 408 g/mol. The maximum absolute atomic E-state index is 4.81. The van der Waals surface area contributed by atoms with E-state index in [2.05, 4.69) is 57.2 Å². The number of anilines is 2. The van der Waals surface area contributed by atoms with Crippen LogP contribution in [-0.4, -0.2) is 56.3 Å². The smallest absolute Gasteiger partial charge is 0.245 e. The van der Waals surface area contributed by atoms with Crippen molar-refractivity contribution >= 4 is 45.6 Å². The van der Waals surface area contributed by atoms with Crippen LogP contribution in [0.15, 0.2) is 27.5 Å². The Hall–Kier alpha value is -2.63. The van der Waals surface area contributed by atoms with Crippen molar-refractivity contribution < 1.29 is 4.63 Å². The summed E-state index contributed by atoms with van der Waals surface area (Å²) in [6, 6.07) is 4.14.